The highest BCUT2D eigenvalue weighted by Crippen LogP contribution is 2.64. The maximum atomic E-state index is 16.4. The van der Waals surface area contributed by atoms with Crippen molar-refractivity contribution in [3.63, 3.8) is 0 Å². The molecule has 3 aliphatic heterocycles. The predicted molar refractivity (Wildman–Crippen MR) is 206 cm³/mol. The number of halogens is 2. The van der Waals surface area contributed by atoms with E-state index in [1.165, 1.54) is 23.0 Å². The highest BCUT2D eigenvalue weighted by atomic mass is 32.7. The molecule has 8 rings (SSSR count). The number of phosphoric acid groups is 1. The number of phosphoric ester groups is 1. The molecule has 25 heteroatoms. The number of aryl methyl sites for hydroxylation is 2. The summed E-state index contributed by atoms with van der Waals surface area (Å²) in [5.41, 5.74) is 6.85. The van der Waals surface area contributed by atoms with Gasteiger partial charge in [0.1, 0.15) is 42.0 Å². The second kappa shape index (κ2) is 16.7. The van der Waals surface area contributed by atoms with Gasteiger partial charge in [-0.25, -0.2) is 42.5 Å². The van der Waals surface area contributed by atoms with Gasteiger partial charge in [-0.05, 0) is 54.6 Å². The minimum atomic E-state index is -5.27. The molecule has 0 aliphatic carbocycles. The van der Waals surface area contributed by atoms with Gasteiger partial charge < -0.3 is 24.8 Å². The van der Waals surface area contributed by atoms with Crippen molar-refractivity contribution in [3.05, 3.63) is 110 Å². The average Bonchev–Trinajstić information content (AvgIpc) is 3.86. The van der Waals surface area contributed by atoms with Gasteiger partial charge in [0.2, 0.25) is 0 Å². The van der Waals surface area contributed by atoms with Crippen LogP contribution in [0.3, 0.4) is 0 Å². The Bertz CT molecular complexity index is 2650. The van der Waals surface area contributed by atoms with Crippen LogP contribution >= 0.6 is 26.0 Å². The first-order chi connectivity index (χ1) is 28.6. The van der Waals surface area contributed by atoms with E-state index in [9.17, 15) is 28.4 Å². The van der Waals surface area contributed by atoms with Crippen LogP contribution < -0.4 is 21.7 Å². The second-order valence-corrected chi connectivity index (χ2v) is 19.3. The molecule has 2 aromatic carbocycles. The van der Waals surface area contributed by atoms with Gasteiger partial charge in [0.25, 0.3) is 5.56 Å². The first-order valence-corrected chi connectivity index (χ1v) is 22.7. The van der Waals surface area contributed by atoms with Crippen molar-refractivity contribution in [1.29, 1.82) is 0 Å². The number of anilines is 1. The monoisotopic (exact) mass is 893 g/mol. The quantitative estimate of drug-likeness (QED) is 0.117. The number of nitrogens with two attached hydrogens (primary N) is 1. The number of alkyl halides is 2. The van der Waals surface area contributed by atoms with Crippen molar-refractivity contribution in [2.24, 2.45) is 0 Å². The number of aromatic amines is 1. The summed E-state index contributed by atoms with van der Waals surface area (Å²) in [6, 6.07) is 12.4. The minimum absolute atomic E-state index is 0.0213. The topological polar surface area (TPSA) is 261 Å². The zero-order valence-corrected chi connectivity index (χ0v) is 33.9. The molecule has 0 radical (unpaired) electrons. The number of esters is 1. The summed E-state index contributed by atoms with van der Waals surface area (Å²) in [4.78, 5) is 62.2. The van der Waals surface area contributed by atoms with E-state index in [0.29, 0.717) is 27.1 Å². The van der Waals surface area contributed by atoms with Crippen LogP contribution in [-0.2, 0) is 42.5 Å². The summed E-state index contributed by atoms with van der Waals surface area (Å²) in [7, 11) is -5.27. The Morgan fingerprint density at radius 2 is 1.70 bits per heavy atom. The number of hydrogen-bond acceptors (Lipinski definition) is 17. The molecule has 4 N–H and O–H groups in total. The van der Waals surface area contributed by atoms with Crippen LogP contribution in [0.5, 0.6) is 5.75 Å². The summed E-state index contributed by atoms with van der Waals surface area (Å²) in [6.07, 6.45) is -11.8. The van der Waals surface area contributed by atoms with Gasteiger partial charge in [0.05, 0.1) is 25.1 Å². The third-order valence-electron chi connectivity index (χ3n) is 9.75. The van der Waals surface area contributed by atoms with Crippen LogP contribution in [0, 0.1) is 13.8 Å². The maximum Gasteiger partial charge on any atom is 0.472 e. The summed E-state index contributed by atoms with van der Waals surface area (Å²) in [5.74, 6) is -0.502. The molecule has 318 valence electrons. The smallest absolute Gasteiger partial charge is 0.423 e. The number of benzene rings is 2. The first-order valence-electron chi connectivity index (χ1n) is 18.0. The Balaban J connectivity index is 1.08. The lowest BCUT2D eigenvalue weighted by Crippen LogP contribution is -2.36. The average molecular weight is 894 g/mol. The van der Waals surface area contributed by atoms with Crippen molar-refractivity contribution < 1.29 is 59.9 Å². The molecule has 5 aromatic rings. The zero-order chi connectivity index (χ0) is 42.5. The fraction of sp³-hybridized carbons (Fsp3) is 0.371. The second-order valence-electron chi connectivity index (χ2n) is 13.9. The third kappa shape index (κ3) is 8.60. The normalized spacial score (nSPS) is 30.9. The number of ether oxygens (including phenoxy) is 3. The Morgan fingerprint density at radius 3 is 2.45 bits per heavy atom. The van der Waals surface area contributed by atoms with E-state index in [1.807, 2.05) is 18.0 Å². The number of fused-ring (bicyclic) bond motifs is 4. The molecule has 2 bridgehead atoms. The van der Waals surface area contributed by atoms with Crippen molar-refractivity contribution in [2.45, 2.75) is 68.8 Å². The summed E-state index contributed by atoms with van der Waals surface area (Å²) < 4.78 is 102. The number of aromatic nitrogens is 6. The van der Waals surface area contributed by atoms with E-state index in [4.69, 9.17) is 38.0 Å². The SMILES string of the molecule is Cc1ccc(C(=O)Oc2ccc(CS[P@]3(=O)OC[C@H]4O[C@@H](n5cnc6c(N)ncnc65)[C@H](OP(=O)(O)OC[C@H]5O[C@@H](n6ccc(=O)[nH]c6=O)[C@H](F)[C@@H]5O3)[C@@H]4F)cc2)c(C)c1. The fourth-order valence-electron chi connectivity index (χ4n) is 6.80. The Labute approximate surface area is 341 Å². The number of carbonyl (C=O) groups excluding carboxylic acids is 1. The fourth-order valence-corrected chi connectivity index (χ4v) is 11.1. The Hall–Kier alpha value is -4.67. The number of nitrogens with one attached hydrogen (secondary N) is 1. The molecule has 3 saturated heterocycles. The van der Waals surface area contributed by atoms with Gasteiger partial charge in [-0.15, -0.1) is 0 Å². The van der Waals surface area contributed by atoms with Crippen LogP contribution in [0.25, 0.3) is 11.2 Å². The van der Waals surface area contributed by atoms with Gasteiger partial charge >= 0.3 is 26.3 Å². The van der Waals surface area contributed by atoms with E-state index in [1.54, 1.807) is 31.2 Å². The van der Waals surface area contributed by atoms with E-state index < -0.39 is 94.3 Å². The number of H-pyrrole nitrogens is 1. The predicted octanol–water partition coefficient (Wildman–Crippen LogP) is 4.22. The van der Waals surface area contributed by atoms with Gasteiger partial charge in [-0.1, -0.05) is 29.8 Å². The van der Waals surface area contributed by atoms with Crippen molar-refractivity contribution in [2.75, 3.05) is 18.9 Å². The molecule has 3 aliphatic rings. The summed E-state index contributed by atoms with van der Waals surface area (Å²) >= 11 is 0.576. The van der Waals surface area contributed by atoms with Crippen LogP contribution in [0.15, 0.2) is 77.0 Å². The summed E-state index contributed by atoms with van der Waals surface area (Å²) in [5, 5.41) is 0. The number of nitrogen functional groups attached to an aromatic ring is 1. The number of nitrogens with zero attached hydrogens (tertiary/aromatic N) is 5. The zero-order valence-electron chi connectivity index (χ0n) is 31.3. The molecule has 1 unspecified atom stereocenters. The standard InChI is InChI=1S/C35H35F2N7O13P2S/c1-17-3-8-21(18(2)11-17)34(46)53-20-6-4-19(5-7-20)14-60-59(50)52-12-22-25(36)29(33(54-22)44-16-41-27-30(38)39-15-40-31(27)44)56-58(48,49)51-13-23-28(57-59)26(37)32(55-23)43-10-9-24(45)42-35(43)47/h3-11,15-16,22-23,25-26,28-29,32-33H,12-14H2,1-2H3,(H,48,49)(H2,38,39,40)(H,42,45,47)/t22-,23-,25-,26-,28-,29-,32-,33-,59-/m1/s1. The van der Waals surface area contributed by atoms with E-state index in [-0.39, 0.29) is 28.5 Å². The Kier molecular flexibility index (Phi) is 11.7. The van der Waals surface area contributed by atoms with Gasteiger partial charge in [-0.3, -0.25) is 37.0 Å². The Morgan fingerprint density at radius 1 is 0.950 bits per heavy atom. The molecule has 0 saturated carbocycles. The van der Waals surface area contributed by atoms with Crippen LogP contribution in [-0.4, -0.2) is 89.9 Å². The number of imidazole rings is 1. The highest BCUT2D eigenvalue weighted by molar-refractivity contribution is 8.54. The molecule has 3 fully saturated rings. The maximum absolute atomic E-state index is 16.4. The van der Waals surface area contributed by atoms with Gasteiger partial charge in [0.15, 0.2) is 36.3 Å². The van der Waals surface area contributed by atoms with Gasteiger partial charge in [0, 0.05) is 18.0 Å². The largest absolute Gasteiger partial charge is 0.472 e. The van der Waals surface area contributed by atoms with E-state index >= 15 is 8.78 Å². The number of hydrogen-bond donors (Lipinski definition) is 3. The molecule has 0 amide bonds. The lowest BCUT2D eigenvalue weighted by molar-refractivity contribution is -0.0640. The molecule has 20 nitrogen and oxygen atoms in total. The first kappa shape index (κ1) is 42.0. The number of carbonyl (C=O) groups is 1. The number of rotatable bonds is 7. The van der Waals surface area contributed by atoms with Crippen molar-refractivity contribution in [1.82, 2.24) is 29.1 Å². The molecule has 10 atom stereocenters. The van der Waals surface area contributed by atoms with E-state index in [2.05, 4.69) is 15.0 Å². The van der Waals surface area contributed by atoms with E-state index in [0.717, 1.165) is 29.7 Å². The summed E-state index contributed by atoms with van der Waals surface area (Å²) in [6.45, 7) is -2.77. The van der Waals surface area contributed by atoms with Crippen molar-refractivity contribution in [3.8, 4) is 5.75 Å². The highest BCUT2D eigenvalue weighted by Gasteiger charge is 2.55. The lowest BCUT2D eigenvalue weighted by atomic mass is 10.1. The van der Waals surface area contributed by atoms with Crippen LogP contribution in [0.4, 0.5) is 14.6 Å². The lowest BCUT2D eigenvalue weighted by Gasteiger charge is -2.27. The third-order valence-corrected chi connectivity index (χ3v) is 14.4. The van der Waals surface area contributed by atoms with Crippen LogP contribution in [0.1, 0.15) is 39.5 Å². The molecule has 3 aromatic heterocycles. The molecule has 0 spiro atoms. The molecular weight excluding hydrogens is 858 g/mol. The van der Waals surface area contributed by atoms with Crippen LogP contribution in [0.2, 0.25) is 0 Å². The van der Waals surface area contributed by atoms with Crippen molar-refractivity contribution >= 4 is 49.0 Å². The molecular formula is C35H35F2N7O13P2S. The molecule has 6 heterocycles. The minimum Gasteiger partial charge on any atom is -0.423 e. The molecule has 60 heavy (non-hydrogen) atoms. The van der Waals surface area contributed by atoms with Gasteiger partial charge in [-0.2, -0.15) is 0 Å².